The predicted molar refractivity (Wildman–Crippen MR) is 65.4 cm³/mol. The lowest BCUT2D eigenvalue weighted by Gasteiger charge is -2.44. The zero-order chi connectivity index (χ0) is 11.0. The van der Waals surface area contributed by atoms with Crippen LogP contribution in [0.4, 0.5) is 0 Å². The highest BCUT2D eigenvalue weighted by atomic mass is 31.1. The number of rotatable bonds is 1. The van der Waals surface area contributed by atoms with Crippen molar-refractivity contribution in [1.82, 2.24) is 0 Å². The summed E-state index contributed by atoms with van der Waals surface area (Å²) >= 11 is 0. The fourth-order valence-corrected chi connectivity index (χ4v) is 7.07. The highest BCUT2D eigenvalue weighted by Crippen LogP contribution is 2.64. The summed E-state index contributed by atoms with van der Waals surface area (Å²) in [4.78, 5) is 0. The van der Waals surface area contributed by atoms with Gasteiger partial charge in [0, 0.05) is 6.61 Å². The lowest BCUT2D eigenvalue weighted by atomic mass is 10.2. The van der Waals surface area contributed by atoms with E-state index in [4.69, 9.17) is 4.74 Å². The molecule has 0 N–H and O–H groups in total. The standard InChI is InChI=1S/C12H25OP/c1-11(2,3)14(12(4,5)6)10-8-7-9-13-10/h10H,7-9H2,1-6H3/t10-/m0/s1. The number of hydrogen-bond acceptors (Lipinski definition) is 1. The van der Waals surface area contributed by atoms with Gasteiger partial charge in [0.05, 0.1) is 5.85 Å². The first-order valence-electron chi connectivity index (χ1n) is 5.64. The quantitative estimate of drug-likeness (QED) is 0.597. The average molecular weight is 216 g/mol. The maximum Gasteiger partial charge on any atom is 0.0775 e. The van der Waals surface area contributed by atoms with Gasteiger partial charge in [-0.3, -0.25) is 0 Å². The van der Waals surface area contributed by atoms with E-state index in [-0.39, 0.29) is 7.92 Å². The normalized spacial score (nSPS) is 24.6. The Labute approximate surface area is 90.4 Å². The first-order chi connectivity index (χ1) is 6.23. The van der Waals surface area contributed by atoms with Crippen LogP contribution in [0.2, 0.25) is 0 Å². The molecule has 0 bridgehead atoms. The molecular formula is C12H25OP. The van der Waals surface area contributed by atoms with Gasteiger partial charge in [0.15, 0.2) is 0 Å². The van der Waals surface area contributed by atoms with E-state index in [1.807, 2.05) is 0 Å². The molecule has 1 aliphatic rings. The molecule has 0 aromatic heterocycles. The van der Waals surface area contributed by atoms with Crippen molar-refractivity contribution >= 4 is 7.92 Å². The molecule has 1 atom stereocenters. The lowest BCUT2D eigenvalue weighted by Crippen LogP contribution is -2.31. The van der Waals surface area contributed by atoms with Gasteiger partial charge in [-0.2, -0.15) is 0 Å². The zero-order valence-corrected chi connectivity index (χ0v) is 11.4. The maximum absolute atomic E-state index is 5.90. The van der Waals surface area contributed by atoms with Crippen LogP contribution < -0.4 is 0 Å². The summed E-state index contributed by atoms with van der Waals surface area (Å²) in [6.07, 6.45) is 2.54. The van der Waals surface area contributed by atoms with Gasteiger partial charge >= 0.3 is 0 Å². The van der Waals surface area contributed by atoms with Crippen LogP contribution in [0.1, 0.15) is 54.4 Å². The van der Waals surface area contributed by atoms with Gasteiger partial charge in [-0.25, -0.2) is 0 Å². The van der Waals surface area contributed by atoms with Gasteiger partial charge < -0.3 is 4.74 Å². The van der Waals surface area contributed by atoms with Crippen LogP contribution >= 0.6 is 7.92 Å². The summed E-state index contributed by atoms with van der Waals surface area (Å²) in [5, 5.41) is 0.811. The SMILES string of the molecule is CC(C)(C)P([C@H]1CCCO1)C(C)(C)C. The van der Waals surface area contributed by atoms with Crippen molar-refractivity contribution in [2.45, 2.75) is 70.5 Å². The van der Waals surface area contributed by atoms with E-state index in [0.717, 1.165) is 6.61 Å². The molecule has 1 rings (SSSR count). The Kier molecular flexibility index (Phi) is 3.65. The third kappa shape index (κ3) is 2.94. The summed E-state index contributed by atoms with van der Waals surface area (Å²) in [7, 11) is -0.0661. The third-order valence-corrected chi connectivity index (χ3v) is 6.51. The molecule has 0 spiro atoms. The summed E-state index contributed by atoms with van der Waals surface area (Å²) in [6.45, 7) is 15.2. The Bertz CT molecular complexity index is 167. The van der Waals surface area contributed by atoms with Crippen molar-refractivity contribution in [3.63, 3.8) is 0 Å². The minimum atomic E-state index is -0.0661. The van der Waals surface area contributed by atoms with Gasteiger partial charge in [0.2, 0.25) is 0 Å². The average Bonchev–Trinajstić information content (AvgIpc) is 2.31. The molecule has 84 valence electrons. The van der Waals surface area contributed by atoms with Gasteiger partial charge in [-0.15, -0.1) is 0 Å². The van der Waals surface area contributed by atoms with Gasteiger partial charge in [-0.05, 0) is 23.2 Å². The highest BCUT2D eigenvalue weighted by molar-refractivity contribution is 7.61. The van der Waals surface area contributed by atoms with Crippen molar-refractivity contribution in [2.24, 2.45) is 0 Å². The van der Waals surface area contributed by atoms with E-state index >= 15 is 0 Å². The number of ether oxygens (including phenoxy) is 1. The minimum Gasteiger partial charge on any atom is -0.374 e. The molecule has 1 nitrogen and oxygen atoms in total. The Morgan fingerprint density at radius 3 is 1.79 bits per heavy atom. The van der Waals surface area contributed by atoms with Crippen LogP contribution in [0.3, 0.4) is 0 Å². The van der Waals surface area contributed by atoms with Crippen molar-refractivity contribution in [2.75, 3.05) is 6.61 Å². The second-order valence-electron chi connectivity index (χ2n) is 6.18. The molecule has 0 aromatic carbocycles. The van der Waals surface area contributed by atoms with Crippen LogP contribution in [0.25, 0.3) is 0 Å². The molecule has 1 saturated heterocycles. The van der Waals surface area contributed by atoms with E-state index in [0.29, 0.717) is 16.2 Å². The molecular weight excluding hydrogens is 191 g/mol. The lowest BCUT2D eigenvalue weighted by molar-refractivity contribution is 0.166. The molecule has 0 unspecified atom stereocenters. The molecule has 2 heteroatoms. The Hall–Kier alpha value is 0.390. The van der Waals surface area contributed by atoms with E-state index in [1.165, 1.54) is 12.8 Å². The van der Waals surface area contributed by atoms with Crippen molar-refractivity contribution in [3.05, 3.63) is 0 Å². The molecule has 0 aromatic rings. The second kappa shape index (κ2) is 4.10. The molecule has 1 fully saturated rings. The Morgan fingerprint density at radius 1 is 1.00 bits per heavy atom. The predicted octanol–water partition coefficient (Wildman–Crippen LogP) is 4.20. The maximum atomic E-state index is 5.90. The fraction of sp³-hybridized carbons (Fsp3) is 1.00. The van der Waals surface area contributed by atoms with E-state index in [1.54, 1.807) is 0 Å². The van der Waals surface area contributed by atoms with Crippen LogP contribution in [0, 0.1) is 0 Å². The van der Waals surface area contributed by atoms with E-state index < -0.39 is 0 Å². The molecule has 0 radical (unpaired) electrons. The topological polar surface area (TPSA) is 9.23 Å². The van der Waals surface area contributed by atoms with Gasteiger partial charge in [0.25, 0.3) is 0 Å². The minimum absolute atomic E-state index is 0.0661. The van der Waals surface area contributed by atoms with Crippen LogP contribution in [0.15, 0.2) is 0 Å². The highest BCUT2D eigenvalue weighted by Gasteiger charge is 2.41. The summed E-state index contributed by atoms with van der Waals surface area (Å²) < 4.78 is 5.90. The van der Waals surface area contributed by atoms with Crippen LogP contribution in [-0.2, 0) is 4.74 Å². The van der Waals surface area contributed by atoms with Crippen molar-refractivity contribution < 1.29 is 4.74 Å². The summed E-state index contributed by atoms with van der Waals surface area (Å²) in [5.41, 5.74) is 0. The Morgan fingerprint density at radius 2 is 1.50 bits per heavy atom. The van der Waals surface area contributed by atoms with E-state index in [9.17, 15) is 0 Å². The molecule has 14 heavy (non-hydrogen) atoms. The molecule has 0 amide bonds. The van der Waals surface area contributed by atoms with Gasteiger partial charge in [-0.1, -0.05) is 49.5 Å². The van der Waals surface area contributed by atoms with Gasteiger partial charge in [0.1, 0.15) is 0 Å². The largest absolute Gasteiger partial charge is 0.374 e. The molecule has 0 aliphatic carbocycles. The van der Waals surface area contributed by atoms with E-state index in [2.05, 4.69) is 41.5 Å². The Balaban J connectivity index is 2.82. The molecule has 1 heterocycles. The smallest absolute Gasteiger partial charge is 0.0775 e. The van der Waals surface area contributed by atoms with Crippen molar-refractivity contribution in [1.29, 1.82) is 0 Å². The van der Waals surface area contributed by atoms with Crippen LogP contribution in [0.5, 0.6) is 0 Å². The molecule has 0 saturated carbocycles. The zero-order valence-electron chi connectivity index (χ0n) is 10.6. The van der Waals surface area contributed by atoms with Crippen molar-refractivity contribution in [3.8, 4) is 0 Å². The van der Waals surface area contributed by atoms with Crippen LogP contribution in [-0.4, -0.2) is 22.8 Å². The third-order valence-electron chi connectivity index (χ3n) is 2.64. The summed E-state index contributed by atoms with van der Waals surface area (Å²) in [6, 6.07) is 0. The second-order valence-corrected chi connectivity index (χ2v) is 10.2. The number of hydrogen-bond donors (Lipinski definition) is 0. The summed E-state index contributed by atoms with van der Waals surface area (Å²) in [5.74, 6) is 0.546. The molecule has 1 aliphatic heterocycles. The monoisotopic (exact) mass is 216 g/mol. The first-order valence-corrected chi connectivity index (χ1v) is 7.05. The first kappa shape index (κ1) is 12.5. The fourth-order valence-electron chi connectivity index (χ4n) is 2.63.